The van der Waals surface area contributed by atoms with E-state index in [0.717, 1.165) is 44.6 Å². The molecule has 0 aliphatic heterocycles. The van der Waals surface area contributed by atoms with E-state index < -0.39 is 5.66 Å². The van der Waals surface area contributed by atoms with Crippen molar-refractivity contribution in [2.75, 3.05) is 20.6 Å². The van der Waals surface area contributed by atoms with Gasteiger partial charge in [-0.3, -0.25) is 4.79 Å². The Balaban J connectivity index is 2.26. The third-order valence-corrected chi connectivity index (χ3v) is 3.33. The predicted molar refractivity (Wildman–Crippen MR) is 61.2 cm³/mol. The van der Waals surface area contributed by atoms with Gasteiger partial charge in [0.15, 0.2) is 0 Å². The van der Waals surface area contributed by atoms with Crippen LogP contribution in [0.2, 0.25) is 0 Å². The van der Waals surface area contributed by atoms with Crippen molar-refractivity contribution in [2.24, 2.45) is 11.7 Å². The molecule has 1 fully saturated rings. The fourth-order valence-electron chi connectivity index (χ4n) is 2.18. The minimum Gasteiger partial charge on any atom is -0.341 e. The summed E-state index contributed by atoms with van der Waals surface area (Å²) in [5.74, 6) is 0.775. The zero-order valence-electron chi connectivity index (χ0n) is 9.83. The minimum atomic E-state index is -0.434. The van der Waals surface area contributed by atoms with Crippen LogP contribution in [-0.4, -0.2) is 37.6 Å². The van der Waals surface area contributed by atoms with E-state index in [-0.39, 0.29) is 0 Å². The monoisotopic (exact) mass is 213 g/mol. The lowest BCUT2D eigenvalue weighted by Crippen LogP contribution is -2.55. The first-order chi connectivity index (χ1) is 7.06. The molecule has 0 aromatic carbocycles. The molecule has 1 aliphatic carbocycles. The van der Waals surface area contributed by atoms with Gasteiger partial charge in [0.2, 0.25) is 6.41 Å². The molecule has 1 rings (SSSR count). The van der Waals surface area contributed by atoms with E-state index in [9.17, 15) is 4.79 Å². The van der Waals surface area contributed by atoms with Gasteiger partial charge in [-0.15, -0.1) is 0 Å². The number of hydrogen-bond acceptors (Lipinski definition) is 3. The maximum Gasteiger partial charge on any atom is 0.208 e. The van der Waals surface area contributed by atoms with E-state index in [4.69, 9.17) is 5.73 Å². The average Bonchev–Trinajstić information content (AvgIpc) is 2.17. The van der Waals surface area contributed by atoms with Gasteiger partial charge >= 0.3 is 0 Å². The van der Waals surface area contributed by atoms with E-state index in [2.05, 4.69) is 24.3 Å². The molecule has 0 aromatic heterocycles. The molecule has 4 heteroatoms. The summed E-state index contributed by atoms with van der Waals surface area (Å²) in [7, 11) is 4.20. The second-order valence-electron chi connectivity index (χ2n) is 4.95. The third-order valence-electron chi connectivity index (χ3n) is 3.33. The fourth-order valence-corrected chi connectivity index (χ4v) is 2.18. The number of nitrogens with two attached hydrogens (primary N) is 1. The summed E-state index contributed by atoms with van der Waals surface area (Å²) >= 11 is 0. The zero-order valence-corrected chi connectivity index (χ0v) is 9.83. The van der Waals surface area contributed by atoms with Crippen LogP contribution in [0, 0.1) is 5.92 Å². The molecule has 1 amide bonds. The van der Waals surface area contributed by atoms with Crippen LogP contribution in [0.3, 0.4) is 0 Å². The Labute approximate surface area is 92.2 Å². The summed E-state index contributed by atoms with van der Waals surface area (Å²) in [6.45, 7) is 1.14. The first-order valence-electron chi connectivity index (χ1n) is 5.71. The summed E-state index contributed by atoms with van der Waals surface area (Å²) in [6, 6.07) is 0. The van der Waals surface area contributed by atoms with Gasteiger partial charge in [-0.1, -0.05) is 0 Å². The highest BCUT2D eigenvalue weighted by Crippen LogP contribution is 2.30. The Morgan fingerprint density at radius 3 is 2.53 bits per heavy atom. The first kappa shape index (κ1) is 12.5. The maximum absolute atomic E-state index is 10.4. The predicted octanol–water partition coefficient (Wildman–Crippen LogP) is 0.529. The molecule has 88 valence electrons. The molecule has 3 N–H and O–H groups in total. The quantitative estimate of drug-likeness (QED) is 0.517. The Hall–Kier alpha value is -0.610. The highest BCUT2D eigenvalue weighted by molar-refractivity contribution is 5.47. The summed E-state index contributed by atoms with van der Waals surface area (Å²) in [5, 5.41) is 2.73. The molecule has 1 saturated carbocycles. The molecule has 0 heterocycles. The van der Waals surface area contributed by atoms with Crippen LogP contribution in [0.5, 0.6) is 0 Å². The lowest BCUT2D eigenvalue weighted by Gasteiger charge is -2.36. The lowest BCUT2D eigenvalue weighted by molar-refractivity contribution is -0.111. The molecule has 15 heavy (non-hydrogen) atoms. The van der Waals surface area contributed by atoms with Crippen LogP contribution in [0.4, 0.5) is 0 Å². The van der Waals surface area contributed by atoms with Crippen LogP contribution in [0.25, 0.3) is 0 Å². The van der Waals surface area contributed by atoms with Gasteiger partial charge in [0.1, 0.15) is 0 Å². The highest BCUT2D eigenvalue weighted by atomic mass is 16.1. The number of nitrogens with zero attached hydrogens (tertiary/aromatic N) is 1. The summed E-state index contributed by atoms with van der Waals surface area (Å²) < 4.78 is 0. The van der Waals surface area contributed by atoms with Gasteiger partial charge < -0.3 is 16.0 Å². The second kappa shape index (κ2) is 5.47. The molecule has 0 aromatic rings. The van der Waals surface area contributed by atoms with Gasteiger partial charge in [-0.25, -0.2) is 0 Å². The Bertz CT molecular complexity index is 198. The summed E-state index contributed by atoms with van der Waals surface area (Å²) in [4.78, 5) is 12.6. The highest BCUT2D eigenvalue weighted by Gasteiger charge is 2.30. The van der Waals surface area contributed by atoms with Crippen LogP contribution >= 0.6 is 0 Å². The van der Waals surface area contributed by atoms with Crippen molar-refractivity contribution in [1.29, 1.82) is 0 Å². The number of rotatable bonds is 5. The molecular formula is C11H23N3O. The summed E-state index contributed by atoms with van der Waals surface area (Å²) in [6.07, 6.45) is 6.04. The SMILES string of the molecule is CN(C)CCC1CCC(N)(NC=O)CC1. The second-order valence-corrected chi connectivity index (χ2v) is 4.95. The molecule has 0 saturated heterocycles. The molecule has 0 atom stereocenters. The largest absolute Gasteiger partial charge is 0.341 e. The zero-order chi connectivity index (χ0) is 11.3. The van der Waals surface area contributed by atoms with E-state index in [0.29, 0.717) is 0 Å². The Morgan fingerprint density at radius 1 is 1.47 bits per heavy atom. The van der Waals surface area contributed by atoms with E-state index in [1.807, 2.05) is 0 Å². The van der Waals surface area contributed by atoms with Crippen molar-refractivity contribution in [3.8, 4) is 0 Å². The minimum absolute atomic E-state index is 0.434. The Kier molecular flexibility index (Phi) is 4.54. The van der Waals surface area contributed by atoms with Crippen molar-refractivity contribution >= 4 is 6.41 Å². The van der Waals surface area contributed by atoms with Crippen LogP contribution < -0.4 is 11.1 Å². The van der Waals surface area contributed by atoms with E-state index >= 15 is 0 Å². The molecule has 0 unspecified atom stereocenters. The van der Waals surface area contributed by atoms with Crippen molar-refractivity contribution in [1.82, 2.24) is 10.2 Å². The molecule has 4 nitrogen and oxygen atoms in total. The standard InChI is InChI=1S/C11H23N3O/c1-14(2)8-5-10-3-6-11(12,7-4-10)13-9-15/h9-10H,3-8,12H2,1-2H3,(H,13,15). The van der Waals surface area contributed by atoms with Crippen LogP contribution in [0.1, 0.15) is 32.1 Å². The third kappa shape index (κ3) is 4.18. The number of amides is 1. The normalized spacial score (nSPS) is 31.6. The molecular weight excluding hydrogens is 190 g/mol. The number of carbonyl (C=O) groups is 1. The molecule has 1 aliphatic rings. The van der Waals surface area contributed by atoms with E-state index in [1.165, 1.54) is 6.42 Å². The number of nitrogens with one attached hydrogen (secondary N) is 1. The van der Waals surface area contributed by atoms with Crippen molar-refractivity contribution in [2.45, 2.75) is 37.8 Å². The van der Waals surface area contributed by atoms with Crippen molar-refractivity contribution in [3.05, 3.63) is 0 Å². The fraction of sp³-hybridized carbons (Fsp3) is 0.909. The van der Waals surface area contributed by atoms with Crippen LogP contribution in [0.15, 0.2) is 0 Å². The average molecular weight is 213 g/mol. The van der Waals surface area contributed by atoms with Gasteiger partial charge in [-0.05, 0) is 58.7 Å². The first-order valence-corrected chi connectivity index (χ1v) is 5.71. The van der Waals surface area contributed by atoms with Crippen LogP contribution in [-0.2, 0) is 4.79 Å². The molecule has 0 spiro atoms. The number of carbonyl (C=O) groups excluding carboxylic acids is 1. The number of hydrogen-bond donors (Lipinski definition) is 2. The van der Waals surface area contributed by atoms with Gasteiger partial charge in [0.05, 0.1) is 5.66 Å². The maximum atomic E-state index is 10.4. The van der Waals surface area contributed by atoms with Gasteiger partial charge in [0, 0.05) is 0 Å². The smallest absolute Gasteiger partial charge is 0.208 e. The topological polar surface area (TPSA) is 58.4 Å². The van der Waals surface area contributed by atoms with Crippen molar-refractivity contribution < 1.29 is 4.79 Å². The molecule has 0 bridgehead atoms. The van der Waals surface area contributed by atoms with Crippen molar-refractivity contribution in [3.63, 3.8) is 0 Å². The van der Waals surface area contributed by atoms with E-state index in [1.54, 1.807) is 0 Å². The molecule has 0 radical (unpaired) electrons. The lowest BCUT2D eigenvalue weighted by atomic mass is 9.80. The van der Waals surface area contributed by atoms with Gasteiger partial charge in [-0.2, -0.15) is 0 Å². The Morgan fingerprint density at radius 2 is 2.07 bits per heavy atom. The summed E-state index contributed by atoms with van der Waals surface area (Å²) in [5.41, 5.74) is 5.60. The van der Waals surface area contributed by atoms with Gasteiger partial charge in [0.25, 0.3) is 0 Å².